The van der Waals surface area contributed by atoms with Gasteiger partial charge in [0.15, 0.2) is 0 Å². The smallest absolute Gasteiger partial charge is 0.130 e. The molecule has 0 aliphatic rings. The standard InChI is InChI=1S/C16H16BrF2N/c1-10-4-3-5-13(16(10)19)15(20-2)9-11-8-12(18)6-7-14(11)17/h3-8,15,20H,9H2,1-2H3. The quantitative estimate of drug-likeness (QED) is 0.862. The first-order valence-corrected chi connectivity index (χ1v) is 7.18. The van der Waals surface area contributed by atoms with Crippen molar-refractivity contribution >= 4 is 15.9 Å². The topological polar surface area (TPSA) is 12.0 Å². The van der Waals surface area contributed by atoms with E-state index in [2.05, 4.69) is 21.2 Å². The van der Waals surface area contributed by atoms with Crippen LogP contribution in [0.2, 0.25) is 0 Å². The molecule has 1 atom stereocenters. The predicted octanol–water partition coefficient (Wildman–Crippen LogP) is 4.54. The molecule has 106 valence electrons. The number of likely N-dealkylation sites (N-methyl/N-ethyl adjacent to an activating group) is 1. The largest absolute Gasteiger partial charge is 0.313 e. The monoisotopic (exact) mass is 339 g/mol. The van der Waals surface area contributed by atoms with Crippen molar-refractivity contribution in [3.8, 4) is 0 Å². The molecule has 0 saturated carbocycles. The summed E-state index contributed by atoms with van der Waals surface area (Å²) in [6.07, 6.45) is 0.509. The average molecular weight is 340 g/mol. The van der Waals surface area contributed by atoms with Crippen molar-refractivity contribution in [1.29, 1.82) is 0 Å². The molecule has 1 N–H and O–H groups in total. The van der Waals surface area contributed by atoms with Crippen LogP contribution in [0.25, 0.3) is 0 Å². The van der Waals surface area contributed by atoms with Crippen molar-refractivity contribution in [2.75, 3.05) is 7.05 Å². The van der Waals surface area contributed by atoms with Crippen LogP contribution in [0.15, 0.2) is 40.9 Å². The van der Waals surface area contributed by atoms with E-state index < -0.39 is 0 Å². The normalized spacial score (nSPS) is 12.4. The van der Waals surface area contributed by atoms with E-state index in [0.29, 0.717) is 17.5 Å². The van der Waals surface area contributed by atoms with Gasteiger partial charge in [0, 0.05) is 16.1 Å². The maximum Gasteiger partial charge on any atom is 0.130 e. The highest BCUT2D eigenvalue weighted by Crippen LogP contribution is 2.27. The van der Waals surface area contributed by atoms with Crippen LogP contribution < -0.4 is 5.32 Å². The van der Waals surface area contributed by atoms with Gasteiger partial charge in [-0.3, -0.25) is 0 Å². The third-order valence-electron chi connectivity index (χ3n) is 3.38. The van der Waals surface area contributed by atoms with Gasteiger partial charge < -0.3 is 5.32 Å². The lowest BCUT2D eigenvalue weighted by molar-refractivity contribution is 0.527. The maximum absolute atomic E-state index is 14.2. The number of halogens is 3. The second kappa shape index (κ2) is 6.46. The molecule has 0 amide bonds. The van der Waals surface area contributed by atoms with Gasteiger partial charge in [0.2, 0.25) is 0 Å². The molecule has 2 aromatic rings. The van der Waals surface area contributed by atoms with Gasteiger partial charge in [-0.2, -0.15) is 0 Å². The molecule has 0 heterocycles. The lowest BCUT2D eigenvalue weighted by Gasteiger charge is -2.19. The number of hydrogen-bond acceptors (Lipinski definition) is 1. The first-order chi connectivity index (χ1) is 9.52. The first-order valence-electron chi connectivity index (χ1n) is 6.39. The van der Waals surface area contributed by atoms with Gasteiger partial charge in [0.25, 0.3) is 0 Å². The van der Waals surface area contributed by atoms with Crippen LogP contribution in [0.4, 0.5) is 8.78 Å². The zero-order valence-electron chi connectivity index (χ0n) is 11.4. The van der Waals surface area contributed by atoms with Crippen LogP contribution in [0.1, 0.15) is 22.7 Å². The van der Waals surface area contributed by atoms with Gasteiger partial charge in [-0.15, -0.1) is 0 Å². The molecular formula is C16H16BrF2N. The summed E-state index contributed by atoms with van der Waals surface area (Å²) in [4.78, 5) is 0. The van der Waals surface area contributed by atoms with Crippen molar-refractivity contribution < 1.29 is 8.78 Å². The van der Waals surface area contributed by atoms with Crippen LogP contribution in [0.3, 0.4) is 0 Å². The number of nitrogens with one attached hydrogen (secondary N) is 1. The van der Waals surface area contributed by atoms with E-state index in [1.165, 1.54) is 12.1 Å². The van der Waals surface area contributed by atoms with Crippen LogP contribution in [0.5, 0.6) is 0 Å². The molecule has 0 radical (unpaired) electrons. The van der Waals surface area contributed by atoms with Gasteiger partial charge in [-0.25, -0.2) is 8.78 Å². The molecule has 2 aromatic carbocycles. The Balaban J connectivity index is 2.34. The molecule has 1 unspecified atom stereocenters. The summed E-state index contributed by atoms with van der Waals surface area (Å²) in [5.74, 6) is -0.498. The fourth-order valence-electron chi connectivity index (χ4n) is 2.23. The van der Waals surface area contributed by atoms with Crippen molar-refractivity contribution in [2.24, 2.45) is 0 Å². The third-order valence-corrected chi connectivity index (χ3v) is 4.15. The number of hydrogen-bond donors (Lipinski definition) is 1. The van der Waals surface area contributed by atoms with E-state index in [9.17, 15) is 8.78 Å². The Hall–Kier alpha value is -1.26. The SMILES string of the molecule is CNC(Cc1cc(F)ccc1Br)c1cccc(C)c1F. The highest BCUT2D eigenvalue weighted by Gasteiger charge is 2.17. The summed E-state index contributed by atoms with van der Waals surface area (Å²) in [7, 11) is 1.78. The minimum Gasteiger partial charge on any atom is -0.313 e. The van der Waals surface area contributed by atoms with Crippen LogP contribution >= 0.6 is 15.9 Å². The second-order valence-corrected chi connectivity index (χ2v) is 5.61. The maximum atomic E-state index is 14.2. The van der Waals surface area contributed by atoms with Gasteiger partial charge in [-0.05, 0) is 49.7 Å². The highest BCUT2D eigenvalue weighted by molar-refractivity contribution is 9.10. The Morgan fingerprint density at radius 2 is 1.95 bits per heavy atom. The van der Waals surface area contributed by atoms with Gasteiger partial charge >= 0.3 is 0 Å². The summed E-state index contributed by atoms with van der Waals surface area (Å²) in [6.45, 7) is 1.74. The molecule has 0 aliphatic carbocycles. The Kier molecular flexibility index (Phi) is 4.89. The van der Waals surface area contributed by atoms with E-state index >= 15 is 0 Å². The molecule has 4 heteroatoms. The van der Waals surface area contributed by atoms with E-state index in [-0.39, 0.29) is 17.7 Å². The van der Waals surface area contributed by atoms with E-state index in [1.807, 2.05) is 6.07 Å². The zero-order chi connectivity index (χ0) is 14.7. The molecule has 0 aliphatic heterocycles. The van der Waals surface area contributed by atoms with Gasteiger partial charge in [0.05, 0.1) is 0 Å². The number of rotatable bonds is 4. The summed E-state index contributed by atoms with van der Waals surface area (Å²) in [5.41, 5.74) is 2.02. The van der Waals surface area contributed by atoms with Gasteiger partial charge in [0.1, 0.15) is 11.6 Å². The molecule has 0 bridgehead atoms. The molecule has 0 spiro atoms. The Bertz CT molecular complexity index is 613. The van der Waals surface area contributed by atoms with Crippen molar-refractivity contribution in [3.05, 3.63) is 69.2 Å². The first kappa shape index (κ1) is 15.1. The van der Waals surface area contributed by atoms with Crippen LogP contribution in [-0.4, -0.2) is 7.05 Å². The number of benzene rings is 2. The summed E-state index contributed by atoms with van der Waals surface area (Å²) in [5, 5.41) is 3.10. The fourth-order valence-corrected chi connectivity index (χ4v) is 2.63. The van der Waals surface area contributed by atoms with Crippen LogP contribution in [-0.2, 0) is 6.42 Å². The highest BCUT2D eigenvalue weighted by atomic mass is 79.9. The molecule has 0 aromatic heterocycles. The van der Waals surface area contributed by atoms with E-state index in [0.717, 1.165) is 10.0 Å². The molecule has 1 nitrogen and oxygen atoms in total. The minimum atomic E-state index is -0.289. The van der Waals surface area contributed by atoms with Crippen molar-refractivity contribution in [2.45, 2.75) is 19.4 Å². The molecular weight excluding hydrogens is 324 g/mol. The molecule has 20 heavy (non-hydrogen) atoms. The number of aryl methyl sites for hydroxylation is 1. The van der Waals surface area contributed by atoms with Crippen molar-refractivity contribution in [3.63, 3.8) is 0 Å². The van der Waals surface area contributed by atoms with Gasteiger partial charge in [-0.1, -0.05) is 34.1 Å². The fraction of sp³-hybridized carbons (Fsp3) is 0.250. The zero-order valence-corrected chi connectivity index (χ0v) is 13.0. The lowest BCUT2D eigenvalue weighted by atomic mass is 9.97. The van der Waals surface area contributed by atoms with E-state index in [4.69, 9.17) is 0 Å². The Morgan fingerprint density at radius 3 is 2.65 bits per heavy atom. The van der Waals surface area contributed by atoms with Crippen LogP contribution in [0, 0.1) is 18.6 Å². The third kappa shape index (κ3) is 3.25. The predicted molar refractivity (Wildman–Crippen MR) is 80.7 cm³/mol. The minimum absolute atomic E-state index is 0.201. The van der Waals surface area contributed by atoms with E-state index in [1.54, 1.807) is 32.2 Å². The summed E-state index contributed by atoms with van der Waals surface area (Å²) >= 11 is 3.41. The lowest BCUT2D eigenvalue weighted by Crippen LogP contribution is -2.20. The second-order valence-electron chi connectivity index (χ2n) is 4.76. The molecule has 0 fully saturated rings. The van der Waals surface area contributed by atoms with Crippen molar-refractivity contribution in [1.82, 2.24) is 5.32 Å². The average Bonchev–Trinajstić information content (AvgIpc) is 2.43. The summed E-state index contributed by atoms with van der Waals surface area (Å²) < 4.78 is 28.4. The Morgan fingerprint density at radius 1 is 1.20 bits per heavy atom. The summed E-state index contributed by atoms with van der Waals surface area (Å²) in [6, 6.07) is 9.67. The molecule has 0 saturated heterocycles. The Labute approximate surface area is 126 Å². The molecule has 2 rings (SSSR count).